The van der Waals surface area contributed by atoms with Crippen LogP contribution in [-0.2, 0) is 0 Å². The van der Waals surface area contributed by atoms with Gasteiger partial charge in [-0.25, -0.2) is 4.98 Å². The Morgan fingerprint density at radius 2 is 2.67 bits per heavy atom. The Balaban J connectivity index is 2.57. The van der Waals surface area contributed by atoms with E-state index in [0.717, 1.165) is 5.01 Å². The van der Waals surface area contributed by atoms with Crippen molar-refractivity contribution in [3.05, 3.63) is 22.7 Å². The quantitative estimate of drug-likeness (QED) is 0.668. The van der Waals surface area contributed by atoms with E-state index in [4.69, 9.17) is 5.73 Å². The predicted octanol–water partition coefficient (Wildman–Crippen LogP) is 1.12. The van der Waals surface area contributed by atoms with Gasteiger partial charge in [-0.3, -0.25) is 0 Å². The summed E-state index contributed by atoms with van der Waals surface area (Å²) >= 11 is 1.61. The van der Waals surface area contributed by atoms with E-state index in [1.807, 2.05) is 17.5 Å². The Hall–Kier alpha value is -0.670. The molecule has 0 spiro atoms. The van der Waals surface area contributed by atoms with Crippen LogP contribution in [-0.4, -0.2) is 11.5 Å². The van der Waals surface area contributed by atoms with Gasteiger partial charge >= 0.3 is 0 Å². The Kier molecular flexibility index (Phi) is 2.42. The van der Waals surface area contributed by atoms with Crippen molar-refractivity contribution < 1.29 is 0 Å². The first-order chi connectivity index (χ1) is 4.43. The lowest BCUT2D eigenvalue weighted by molar-refractivity contribution is 1.26. The van der Waals surface area contributed by atoms with Gasteiger partial charge in [0.2, 0.25) is 0 Å². The molecule has 0 saturated carbocycles. The average molecular weight is 140 g/mol. The van der Waals surface area contributed by atoms with Gasteiger partial charge in [0.25, 0.3) is 0 Å². The van der Waals surface area contributed by atoms with Gasteiger partial charge in [-0.05, 0) is 6.08 Å². The lowest BCUT2D eigenvalue weighted by Crippen LogP contribution is -1.91. The molecule has 1 aromatic heterocycles. The van der Waals surface area contributed by atoms with Crippen LogP contribution in [0.5, 0.6) is 0 Å². The van der Waals surface area contributed by atoms with Gasteiger partial charge in [0.15, 0.2) is 0 Å². The highest BCUT2D eigenvalue weighted by Crippen LogP contribution is 2.04. The molecule has 9 heavy (non-hydrogen) atoms. The normalized spacial score (nSPS) is 10.8. The van der Waals surface area contributed by atoms with Crippen LogP contribution in [0.1, 0.15) is 5.01 Å². The highest BCUT2D eigenvalue weighted by Gasteiger charge is 1.83. The molecular weight excluding hydrogens is 132 g/mol. The predicted molar refractivity (Wildman–Crippen MR) is 40.2 cm³/mol. The van der Waals surface area contributed by atoms with Crippen molar-refractivity contribution in [3.8, 4) is 0 Å². The Bertz CT molecular complexity index is 179. The maximum absolute atomic E-state index is 5.24. The second kappa shape index (κ2) is 3.37. The van der Waals surface area contributed by atoms with Crippen molar-refractivity contribution in [2.45, 2.75) is 0 Å². The topological polar surface area (TPSA) is 38.9 Å². The largest absolute Gasteiger partial charge is 0.327 e. The Labute approximate surface area is 58.0 Å². The zero-order valence-electron chi connectivity index (χ0n) is 4.95. The van der Waals surface area contributed by atoms with E-state index in [1.54, 1.807) is 17.5 Å². The molecule has 48 valence electrons. The lowest BCUT2D eigenvalue weighted by atomic mass is 10.5. The number of rotatable bonds is 2. The summed E-state index contributed by atoms with van der Waals surface area (Å²) in [6.45, 7) is 0.583. The molecule has 0 bridgehead atoms. The van der Waals surface area contributed by atoms with E-state index in [0.29, 0.717) is 6.54 Å². The highest BCUT2D eigenvalue weighted by atomic mass is 32.1. The molecule has 0 aliphatic carbocycles. The molecule has 0 atom stereocenters. The first kappa shape index (κ1) is 6.45. The van der Waals surface area contributed by atoms with Crippen LogP contribution in [0.3, 0.4) is 0 Å². The summed E-state index contributed by atoms with van der Waals surface area (Å²) < 4.78 is 0. The van der Waals surface area contributed by atoms with E-state index in [-0.39, 0.29) is 0 Å². The SMILES string of the molecule is NCC=Cc1nccs1. The van der Waals surface area contributed by atoms with Crippen LogP contribution in [0.4, 0.5) is 0 Å². The van der Waals surface area contributed by atoms with Gasteiger partial charge < -0.3 is 5.73 Å². The smallest absolute Gasteiger partial charge is 0.115 e. The third kappa shape index (κ3) is 1.95. The monoisotopic (exact) mass is 140 g/mol. The zero-order valence-corrected chi connectivity index (χ0v) is 5.77. The highest BCUT2D eigenvalue weighted by molar-refractivity contribution is 7.10. The van der Waals surface area contributed by atoms with Gasteiger partial charge in [0.05, 0.1) is 0 Å². The fourth-order valence-electron chi connectivity index (χ4n) is 0.486. The van der Waals surface area contributed by atoms with Crippen molar-refractivity contribution in [1.82, 2.24) is 4.98 Å². The Morgan fingerprint density at radius 1 is 1.78 bits per heavy atom. The van der Waals surface area contributed by atoms with Crippen molar-refractivity contribution in [1.29, 1.82) is 0 Å². The molecule has 0 amide bonds. The average Bonchev–Trinajstić information content (AvgIpc) is 2.34. The summed E-state index contributed by atoms with van der Waals surface area (Å²) in [5.41, 5.74) is 5.24. The number of nitrogens with zero attached hydrogens (tertiary/aromatic N) is 1. The molecule has 0 unspecified atom stereocenters. The van der Waals surface area contributed by atoms with Gasteiger partial charge in [-0.2, -0.15) is 0 Å². The van der Waals surface area contributed by atoms with Crippen LogP contribution in [0, 0.1) is 0 Å². The third-order valence-corrected chi connectivity index (χ3v) is 1.59. The summed E-state index contributed by atoms with van der Waals surface area (Å²) in [5.74, 6) is 0. The van der Waals surface area contributed by atoms with E-state index < -0.39 is 0 Å². The summed E-state index contributed by atoms with van der Waals surface area (Å²) in [6, 6.07) is 0. The molecule has 0 fully saturated rings. The lowest BCUT2D eigenvalue weighted by Gasteiger charge is -1.78. The van der Waals surface area contributed by atoms with Crippen molar-refractivity contribution in [2.24, 2.45) is 5.73 Å². The maximum atomic E-state index is 5.24. The number of hydrogen-bond donors (Lipinski definition) is 1. The first-order valence-electron chi connectivity index (χ1n) is 2.69. The molecule has 0 aliphatic rings. The molecule has 0 aromatic carbocycles. The van der Waals surface area contributed by atoms with Gasteiger partial charge in [0.1, 0.15) is 5.01 Å². The van der Waals surface area contributed by atoms with E-state index in [1.165, 1.54) is 0 Å². The van der Waals surface area contributed by atoms with Gasteiger partial charge in [0, 0.05) is 18.1 Å². The standard InChI is InChI=1S/C6H8N2S/c7-3-1-2-6-8-4-5-9-6/h1-2,4-5H,3,7H2. The fraction of sp³-hybridized carbons (Fsp3) is 0.167. The van der Waals surface area contributed by atoms with Crippen LogP contribution in [0.15, 0.2) is 17.7 Å². The molecule has 0 aliphatic heterocycles. The van der Waals surface area contributed by atoms with Gasteiger partial charge in [-0.1, -0.05) is 6.08 Å². The second-order valence-corrected chi connectivity index (χ2v) is 2.43. The number of aromatic nitrogens is 1. The molecule has 1 aromatic rings. The maximum Gasteiger partial charge on any atom is 0.115 e. The van der Waals surface area contributed by atoms with Crippen molar-refractivity contribution in [2.75, 3.05) is 6.54 Å². The third-order valence-electron chi connectivity index (χ3n) is 0.848. The molecule has 0 radical (unpaired) electrons. The molecule has 3 heteroatoms. The number of thiazole rings is 1. The number of hydrogen-bond acceptors (Lipinski definition) is 3. The summed E-state index contributed by atoms with van der Waals surface area (Å²) in [7, 11) is 0. The number of nitrogens with two attached hydrogens (primary N) is 1. The fourth-order valence-corrected chi connectivity index (χ4v) is 1.04. The minimum absolute atomic E-state index is 0.583. The van der Waals surface area contributed by atoms with Crippen molar-refractivity contribution >= 4 is 17.4 Å². The molecule has 2 N–H and O–H groups in total. The van der Waals surface area contributed by atoms with Gasteiger partial charge in [-0.15, -0.1) is 11.3 Å². The first-order valence-corrected chi connectivity index (χ1v) is 3.57. The van der Waals surface area contributed by atoms with E-state index in [2.05, 4.69) is 4.98 Å². The van der Waals surface area contributed by atoms with E-state index >= 15 is 0 Å². The van der Waals surface area contributed by atoms with Crippen LogP contribution >= 0.6 is 11.3 Å². The molecule has 1 heterocycles. The summed E-state index contributed by atoms with van der Waals surface area (Å²) in [4.78, 5) is 4.03. The van der Waals surface area contributed by atoms with Crippen LogP contribution in [0.25, 0.3) is 6.08 Å². The van der Waals surface area contributed by atoms with Crippen molar-refractivity contribution in [3.63, 3.8) is 0 Å². The van der Waals surface area contributed by atoms with Crippen LogP contribution < -0.4 is 5.73 Å². The molecule has 1 rings (SSSR count). The molecule has 2 nitrogen and oxygen atoms in total. The molecular formula is C6H8N2S. The van der Waals surface area contributed by atoms with Crippen LogP contribution in [0.2, 0.25) is 0 Å². The summed E-state index contributed by atoms with van der Waals surface area (Å²) in [5, 5.41) is 2.95. The zero-order chi connectivity index (χ0) is 6.53. The second-order valence-electron chi connectivity index (χ2n) is 1.51. The molecule has 0 saturated heterocycles. The minimum Gasteiger partial charge on any atom is -0.327 e. The summed E-state index contributed by atoms with van der Waals surface area (Å²) in [6.07, 6.45) is 5.59. The van der Waals surface area contributed by atoms with E-state index in [9.17, 15) is 0 Å². The Morgan fingerprint density at radius 3 is 3.22 bits per heavy atom. The minimum atomic E-state index is 0.583.